The average molecular weight is 209 g/mol. The van der Waals surface area contributed by atoms with E-state index in [1.807, 2.05) is 12.1 Å². The van der Waals surface area contributed by atoms with Gasteiger partial charge in [-0.05, 0) is 62.4 Å². The van der Waals surface area contributed by atoms with Crippen LogP contribution in [0.15, 0.2) is 23.1 Å². The van der Waals surface area contributed by atoms with E-state index in [-0.39, 0.29) is 5.60 Å². The van der Waals surface area contributed by atoms with E-state index in [9.17, 15) is 0 Å². The Morgan fingerprint density at radius 3 is 2.93 bits per heavy atom. The number of ether oxygens (including phenoxy) is 1. The van der Waals surface area contributed by atoms with Crippen LogP contribution < -0.4 is 9.88 Å². The molecule has 1 heterocycles. The van der Waals surface area contributed by atoms with Crippen LogP contribution >= 0.6 is 11.9 Å². The molecule has 1 aliphatic heterocycles. The topological polar surface area (TPSA) is 35.2 Å². The molecule has 14 heavy (non-hydrogen) atoms. The van der Waals surface area contributed by atoms with E-state index in [4.69, 9.17) is 9.88 Å². The molecule has 0 spiro atoms. The van der Waals surface area contributed by atoms with Crippen molar-refractivity contribution in [1.29, 1.82) is 0 Å². The van der Waals surface area contributed by atoms with Crippen molar-refractivity contribution in [2.45, 2.75) is 37.2 Å². The van der Waals surface area contributed by atoms with Gasteiger partial charge in [-0.15, -0.1) is 0 Å². The summed E-state index contributed by atoms with van der Waals surface area (Å²) in [4.78, 5) is 1.10. The Hall–Kier alpha value is -0.670. The van der Waals surface area contributed by atoms with Gasteiger partial charge in [-0.2, -0.15) is 0 Å². The summed E-state index contributed by atoms with van der Waals surface area (Å²) in [7, 11) is 0. The van der Waals surface area contributed by atoms with Gasteiger partial charge in [0.15, 0.2) is 0 Å². The van der Waals surface area contributed by atoms with Gasteiger partial charge in [0.1, 0.15) is 11.4 Å². The van der Waals surface area contributed by atoms with Gasteiger partial charge in [0, 0.05) is 4.90 Å². The number of rotatable bonds is 1. The van der Waals surface area contributed by atoms with E-state index < -0.39 is 0 Å². The fourth-order valence-corrected chi connectivity index (χ4v) is 2.07. The zero-order valence-corrected chi connectivity index (χ0v) is 9.36. The standard InChI is InChI=1S/C11H15NOS/c1-11(2)6-5-8-7-9(14-12)3-4-10(8)13-11/h3-4,7H,5-6,12H2,1-2H3. The monoisotopic (exact) mass is 209 g/mol. The van der Waals surface area contributed by atoms with E-state index in [0.717, 1.165) is 23.5 Å². The molecule has 0 aromatic heterocycles. The first-order valence-electron chi connectivity index (χ1n) is 4.79. The summed E-state index contributed by atoms with van der Waals surface area (Å²) < 4.78 is 5.87. The highest BCUT2D eigenvalue weighted by Gasteiger charge is 2.26. The Labute approximate surface area is 89.0 Å². The lowest BCUT2D eigenvalue weighted by Gasteiger charge is -2.32. The van der Waals surface area contributed by atoms with Gasteiger partial charge in [0.05, 0.1) is 0 Å². The molecule has 1 aromatic carbocycles. The second kappa shape index (κ2) is 3.48. The predicted octanol–water partition coefficient (Wildman–Crippen LogP) is 2.76. The molecule has 0 atom stereocenters. The Kier molecular flexibility index (Phi) is 2.45. The molecule has 0 unspecified atom stereocenters. The fourth-order valence-electron chi connectivity index (χ4n) is 1.71. The van der Waals surface area contributed by atoms with E-state index >= 15 is 0 Å². The van der Waals surface area contributed by atoms with Gasteiger partial charge < -0.3 is 4.74 Å². The van der Waals surface area contributed by atoms with Crippen LogP contribution in [0.25, 0.3) is 0 Å². The molecule has 0 bridgehead atoms. The number of nitrogens with two attached hydrogens (primary N) is 1. The molecule has 0 radical (unpaired) electrons. The SMILES string of the molecule is CC1(C)CCc2cc(SN)ccc2O1. The highest BCUT2D eigenvalue weighted by Crippen LogP contribution is 2.34. The highest BCUT2D eigenvalue weighted by atomic mass is 32.2. The quantitative estimate of drug-likeness (QED) is 0.722. The van der Waals surface area contributed by atoms with Crippen molar-refractivity contribution >= 4 is 11.9 Å². The number of hydrogen-bond acceptors (Lipinski definition) is 3. The molecule has 76 valence electrons. The minimum absolute atomic E-state index is 0.0234. The van der Waals surface area contributed by atoms with Crippen molar-refractivity contribution in [2.24, 2.45) is 5.14 Å². The molecule has 2 rings (SSSR count). The first-order valence-corrected chi connectivity index (χ1v) is 5.67. The minimum atomic E-state index is -0.0234. The van der Waals surface area contributed by atoms with Gasteiger partial charge in [0.25, 0.3) is 0 Å². The third-order valence-corrected chi connectivity index (χ3v) is 3.08. The molecule has 0 amide bonds. The zero-order chi connectivity index (χ0) is 10.2. The molecule has 2 nitrogen and oxygen atoms in total. The maximum Gasteiger partial charge on any atom is 0.123 e. The largest absolute Gasteiger partial charge is 0.488 e. The first-order chi connectivity index (χ1) is 6.61. The van der Waals surface area contributed by atoms with Crippen molar-refractivity contribution < 1.29 is 4.74 Å². The van der Waals surface area contributed by atoms with E-state index in [1.54, 1.807) is 0 Å². The van der Waals surface area contributed by atoms with Gasteiger partial charge in [-0.3, -0.25) is 5.14 Å². The summed E-state index contributed by atoms with van der Waals surface area (Å²) >= 11 is 1.29. The highest BCUT2D eigenvalue weighted by molar-refractivity contribution is 7.97. The molecule has 1 aromatic rings. The van der Waals surface area contributed by atoms with Crippen LogP contribution in [0.5, 0.6) is 5.75 Å². The molecular formula is C11H15NOS. The van der Waals surface area contributed by atoms with Crippen LogP contribution in [-0.4, -0.2) is 5.60 Å². The Morgan fingerprint density at radius 2 is 2.21 bits per heavy atom. The summed E-state index contributed by atoms with van der Waals surface area (Å²) in [5.41, 5.74) is 1.25. The van der Waals surface area contributed by atoms with Gasteiger partial charge in [-0.1, -0.05) is 0 Å². The normalized spacial score (nSPS) is 18.5. The molecule has 0 fully saturated rings. The summed E-state index contributed by atoms with van der Waals surface area (Å²) in [6.45, 7) is 4.25. The molecule has 0 saturated carbocycles. The van der Waals surface area contributed by atoms with E-state index in [2.05, 4.69) is 19.9 Å². The maximum absolute atomic E-state index is 5.87. The van der Waals surface area contributed by atoms with E-state index in [0.29, 0.717) is 0 Å². The van der Waals surface area contributed by atoms with Crippen LogP contribution in [-0.2, 0) is 6.42 Å². The summed E-state index contributed by atoms with van der Waals surface area (Å²) in [5, 5.41) is 5.51. The smallest absolute Gasteiger partial charge is 0.123 e. The minimum Gasteiger partial charge on any atom is -0.488 e. The van der Waals surface area contributed by atoms with Crippen LogP contribution in [0.2, 0.25) is 0 Å². The van der Waals surface area contributed by atoms with Crippen molar-refractivity contribution in [3.8, 4) is 5.75 Å². The Balaban J connectivity index is 2.32. The number of benzene rings is 1. The molecule has 1 aliphatic rings. The first kappa shape index (κ1) is 9.87. The third-order valence-electron chi connectivity index (χ3n) is 2.55. The van der Waals surface area contributed by atoms with E-state index in [1.165, 1.54) is 17.5 Å². The van der Waals surface area contributed by atoms with Crippen LogP contribution in [0, 0.1) is 0 Å². The zero-order valence-electron chi connectivity index (χ0n) is 8.54. The second-order valence-corrected chi connectivity index (χ2v) is 4.96. The average Bonchev–Trinajstić information content (AvgIpc) is 2.16. The van der Waals surface area contributed by atoms with Crippen LogP contribution in [0.4, 0.5) is 0 Å². The van der Waals surface area contributed by atoms with Crippen molar-refractivity contribution in [3.05, 3.63) is 23.8 Å². The summed E-state index contributed by atoms with van der Waals surface area (Å²) in [5.74, 6) is 1.01. The molecular weight excluding hydrogens is 194 g/mol. The van der Waals surface area contributed by atoms with Gasteiger partial charge in [-0.25, -0.2) is 0 Å². The number of hydrogen-bond donors (Lipinski definition) is 1. The molecule has 0 saturated heterocycles. The fraction of sp³-hybridized carbons (Fsp3) is 0.455. The van der Waals surface area contributed by atoms with Crippen molar-refractivity contribution in [2.75, 3.05) is 0 Å². The predicted molar refractivity (Wildman–Crippen MR) is 59.5 cm³/mol. The summed E-state index contributed by atoms with van der Waals surface area (Å²) in [6.07, 6.45) is 2.15. The Bertz CT molecular complexity index is 349. The third kappa shape index (κ3) is 1.88. The van der Waals surface area contributed by atoms with Crippen molar-refractivity contribution in [3.63, 3.8) is 0 Å². The number of fused-ring (bicyclic) bond motifs is 1. The molecule has 3 heteroatoms. The lowest BCUT2D eigenvalue weighted by molar-refractivity contribution is 0.0845. The number of aryl methyl sites for hydroxylation is 1. The molecule has 0 aliphatic carbocycles. The van der Waals surface area contributed by atoms with Gasteiger partial charge in [0.2, 0.25) is 0 Å². The lowest BCUT2D eigenvalue weighted by atomic mass is 9.94. The van der Waals surface area contributed by atoms with Crippen molar-refractivity contribution in [1.82, 2.24) is 0 Å². The summed E-state index contributed by atoms with van der Waals surface area (Å²) in [6, 6.07) is 6.14. The Morgan fingerprint density at radius 1 is 1.43 bits per heavy atom. The van der Waals surface area contributed by atoms with Crippen LogP contribution in [0.3, 0.4) is 0 Å². The van der Waals surface area contributed by atoms with Gasteiger partial charge >= 0.3 is 0 Å². The molecule has 2 N–H and O–H groups in total. The van der Waals surface area contributed by atoms with Crippen LogP contribution in [0.1, 0.15) is 25.8 Å². The lowest BCUT2D eigenvalue weighted by Crippen LogP contribution is -2.32. The maximum atomic E-state index is 5.87. The second-order valence-electron chi connectivity index (χ2n) is 4.25.